The summed E-state index contributed by atoms with van der Waals surface area (Å²) < 4.78 is 25.2. The molecule has 0 aromatic heterocycles. The van der Waals surface area contributed by atoms with Gasteiger partial charge in [0.15, 0.2) is 0 Å². The van der Waals surface area contributed by atoms with Gasteiger partial charge in [0.2, 0.25) is 15.9 Å². The lowest BCUT2D eigenvalue weighted by atomic mass is 10.1. The van der Waals surface area contributed by atoms with Gasteiger partial charge in [-0.2, -0.15) is 0 Å². The lowest BCUT2D eigenvalue weighted by Gasteiger charge is -2.23. The van der Waals surface area contributed by atoms with Gasteiger partial charge in [-0.25, -0.2) is 8.42 Å². The van der Waals surface area contributed by atoms with Gasteiger partial charge < -0.3 is 5.32 Å². The highest BCUT2D eigenvalue weighted by Gasteiger charge is 2.18. The molecule has 0 atom stereocenters. The zero-order chi connectivity index (χ0) is 16.2. The van der Waals surface area contributed by atoms with Crippen molar-refractivity contribution in [3.63, 3.8) is 0 Å². The van der Waals surface area contributed by atoms with Crippen molar-refractivity contribution < 1.29 is 13.2 Å². The number of amides is 1. The third-order valence-corrected chi connectivity index (χ3v) is 4.51. The number of carbonyl (C=O) groups excluding carboxylic acids is 1. The highest BCUT2D eigenvalue weighted by atomic mass is 32.2. The lowest BCUT2D eigenvalue weighted by molar-refractivity contribution is -0.123. The number of sulfonamides is 1. The van der Waals surface area contributed by atoms with E-state index in [2.05, 4.69) is 5.32 Å². The van der Waals surface area contributed by atoms with E-state index < -0.39 is 10.0 Å². The molecule has 0 aliphatic rings. The SMILES string of the molecule is Cc1ccc(N(CCNC(=O)C(C)C)S(C)(=O)=O)cc1C. The summed E-state index contributed by atoms with van der Waals surface area (Å²) in [5, 5.41) is 2.74. The highest BCUT2D eigenvalue weighted by molar-refractivity contribution is 7.92. The van der Waals surface area contributed by atoms with Crippen LogP contribution in [0.3, 0.4) is 0 Å². The second-order valence-corrected chi connectivity index (χ2v) is 7.46. The van der Waals surface area contributed by atoms with E-state index in [1.54, 1.807) is 19.9 Å². The number of anilines is 1. The summed E-state index contributed by atoms with van der Waals surface area (Å²) in [6.45, 7) is 8.03. The van der Waals surface area contributed by atoms with E-state index in [1.165, 1.54) is 10.6 Å². The first-order valence-electron chi connectivity index (χ1n) is 6.95. The molecule has 0 aliphatic carbocycles. The first-order chi connectivity index (χ1) is 9.62. The molecule has 0 spiro atoms. The van der Waals surface area contributed by atoms with Crippen LogP contribution in [0.15, 0.2) is 18.2 Å². The van der Waals surface area contributed by atoms with E-state index in [9.17, 15) is 13.2 Å². The van der Waals surface area contributed by atoms with Crippen LogP contribution in [0.5, 0.6) is 0 Å². The second kappa shape index (κ2) is 6.93. The van der Waals surface area contributed by atoms with E-state index in [4.69, 9.17) is 0 Å². The lowest BCUT2D eigenvalue weighted by Crippen LogP contribution is -2.39. The molecule has 0 unspecified atom stereocenters. The highest BCUT2D eigenvalue weighted by Crippen LogP contribution is 2.20. The van der Waals surface area contributed by atoms with Crippen LogP contribution in [0.2, 0.25) is 0 Å². The molecule has 118 valence electrons. The van der Waals surface area contributed by atoms with Crippen LogP contribution in [0, 0.1) is 19.8 Å². The Balaban J connectivity index is 2.87. The Kier molecular flexibility index (Phi) is 5.78. The summed E-state index contributed by atoms with van der Waals surface area (Å²) in [5.41, 5.74) is 2.77. The van der Waals surface area contributed by atoms with E-state index >= 15 is 0 Å². The van der Waals surface area contributed by atoms with Crippen LogP contribution >= 0.6 is 0 Å². The molecule has 0 heterocycles. The summed E-state index contributed by atoms with van der Waals surface area (Å²) in [4.78, 5) is 11.5. The number of nitrogens with one attached hydrogen (secondary N) is 1. The van der Waals surface area contributed by atoms with E-state index in [1.807, 2.05) is 26.0 Å². The maximum Gasteiger partial charge on any atom is 0.232 e. The number of hydrogen-bond acceptors (Lipinski definition) is 3. The van der Waals surface area contributed by atoms with E-state index in [0.717, 1.165) is 11.1 Å². The third kappa shape index (κ3) is 5.04. The molecule has 0 saturated heterocycles. The minimum Gasteiger partial charge on any atom is -0.354 e. The molecule has 0 saturated carbocycles. The molecular formula is C15H24N2O3S. The minimum absolute atomic E-state index is 0.0801. The molecule has 0 bridgehead atoms. The topological polar surface area (TPSA) is 66.5 Å². The Morgan fingerprint density at radius 2 is 1.86 bits per heavy atom. The second-order valence-electron chi connectivity index (χ2n) is 5.55. The van der Waals surface area contributed by atoms with Crippen molar-refractivity contribution in [2.24, 2.45) is 5.92 Å². The molecule has 0 radical (unpaired) electrons. The summed E-state index contributed by atoms with van der Waals surface area (Å²) in [5.74, 6) is -0.193. The van der Waals surface area contributed by atoms with Crippen molar-refractivity contribution in [3.8, 4) is 0 Å². The molecule has 0 fully saturated rings. The van der Waals surface area contributed by atoms with Crippen molar-refractivity contribution in [2.45, 2.75) is 27.7 Å². The molecular weight excluding hydrogens is 288 g/mol. The van der Waals surface area contributed by atoms with Crippen LogP contribution in [-0.4, -0.2) is 33.7 Å². The Morgan fingerprint density at radius 1 is 1.24 bits per heavy atom. The van der Waals surface area contributed by atoms with Gasteiger partial charge >= 0.3 is 0 Å². The van der Waals surface area contributed by atoms with Crippen LogP contribution in [0.4, 0.5) is 5.69 Å². The molecule has 6 heteroatoms. The Labute approximate surface area is 127 Å². The molecule has 21 heavy (non-hydrogen) atoms. The predicted molar refractivity (Wildman–Crippen MR) is 86.0 cm³/mol. The summed E-state index contributed by atoms with van der Waals surface area (Å²) in [6, 6.07) is 5.53. The van der Waals surface area contributed by atoms with Gasteiger partial charge in [-0.05, 0) is 37.1 Å². The Bertz CT molecular complexity index is 609. The fourth-order valence-electron chi connectivity index (χ4n) is 1.85. The summed E-state index contributed by atoms with van der Waals surface area (Å²) in [6.07, 6.45) is 1.17. The molecule has 0 aliphatic heterocycles. The van der Waals surface area contributed by atoms with Gasteiger partial charge in [0.1, 0.15) is 0 Å². The van der Waals surface area contributed by atoms with Gasteiger partial charge in [0, 0.05) is 12.5 Å². The summed E-state index contributed by atoms with van der Waals surface area (Å²) >= 11 is 0. The van der Waals surface area contributed by atoms with Gasteiger partial charge in [0.05, 0.1) is 18.5 Å². The van der Waals surface area contributed by atoms with Crippen LogP contribution in [0.1, 0.15) is 25.0 Å². The maximum atomic E-state index is 12.0. The number of aryl methyl sites for hydroxylation is 2. The smallest absolute Gasteiger partial charge is 0.232 e. The average molecular weight is 312 g/mol. The Morgan fingerprint density at radius 3 is 2.33 bits per heavy atom. The van der Waals surface area contributed by atoms with Gasteiger partial charge in [0.25, 0.3) is 0 Å². The molecule has 1 aromatic rings. The van der Waals surface area contributed by atoms with Crippen LogP contribution < -0.4 is 9.62 Å². The minimum atomic E-state index is -3.38. The number of hydrogen-bond donors (Lipinski definition) is 1. The molecule has 1 aromatic carbocycles. The first kappa shape index (κ1) is 17.5. The van der Waals surface area contributed by atoms with Crippen LogP contribution in [-0.2, 0) is 14.8 Å². The molecule has 5 nitrogen and oxygen atoms in total. The van der Waals surface area contributed by atoms with Crippen molar-refractivity contribution in [1.29, 1.82) is 0 Å². The van der Waals surface area contributed by atoms with Crippen molar-refractivity contribution in [1.82, 2.24) is 5.32 Å². The quantitative estimate of drug-likeness (QED) is 0.871. The van der Waals surface area contributed by atoms with Crippen molar-refractivity contribution >= 4 is 21.6 Å². The number of benzene rings is 1. The van der Waals surface area contributed by atoms with Gasteiger partial charge in [-0.15, -0.1) is 0 Å². The third-order valence-electron chi connectivity index (χ3n) is 3.32. The van der Waals surface area contributed by atoms with E-state index in [0.29, 0.717) is 5.69 Å². The number of rotatable bonds is 6. The zero-order valence-electron chi connectivity index (χ0n) is 13.3. The Hall–Kier alpha value is -1.56. The van der Waals surface area contributed by atoms with Crippen molar-refractivity contribution in [3.05, 3.63) is 29.3 Å². The van der Waals surface area contributed by atoms with Gasteiger partial charge in [-0.3, -0.25) is 9.10 Å². The standard InChI is InChI=1S/C15H24N2O3S/c1-11(2)15(18)16-8-9-17(21(5,19)20)14-7-6-12(3)13(4)10-14/h6-7,10-11H,8-9H2,1-5H3,(H,16,18). The maximum absolute atomic E-state index is 12.0. The average Bonchev–Trinajstić information content (AvgIpc) is 2.36. The zero-order valence-corrected chi connectivity index (χ0v) is 14.1. The van der Waals surface area contributed by atoms with Gasteiger partial charge in [-0.1, -0.05) is 19.9 Å². The van der Waals surface area contributed by atoms with Crippen LogP contribution in [0.25, 0.3) is 0 Å². The first-order valence-corrected chi connectivity index (χ1v) is 8.80. The fraction of sp³-hybridized carbons (Fsp3) is 0.533. The molecule has 1 rings (SSSR count). The van der Waals surface area contributed by atoms with Crippen molar-refractivity contribution in [2.75, 3.05) is 23.7 Å². The summed E-state index contributed by atoms with van der Waals surface area (Å²) in [7, 11) is -3.38. The van der Waals surface area contributed by atoms with E-state index in [-0.39, 0.29) is 24.9 Å². The normalized spacial score (nSPS) is 11.5. The predicted octanol–water partition coefficient (Wildman–Crippen LogP) is 1.84. The fourth-order valence-corrected chi connectivity index (χ4v) is 2.77. The molecule has 1 amide bonds. The largest absolute Gasteiger partial charge is 0.354 e. The number of nitrogens with zero attached hydrogens (tertiary/aromatic N) is 1. The number of carbonyl (C=O) groups is 1. The molecule has 1 N–H and O–H groups in total. The monoisotopic (exact) mass is 312 g/mol.